The Labute approximate surface area is 105 Å². The van der Waals surface area contributed by atoms with E-state index in [1.165, 1.54) is 24.3 Å². The van der Waals surface area contributed by atoms with Crippen molar-refractivity contribution in [3.63, 3.8) is 0 Å². The van der Waals surface area contributed by atoms with Crippen LogP contribution in [0.2, 0.25) is 0 Å². The number of carbonyl (C=O) groups is 1. The molecule has 4 nitrogen and oxygen atoms in total. The number of aliphatic hydroxyl groups is 1. The quantitative estimate of drug-likeness (QED) is 0.830. The number of aliphatic hydroxyl groups excluding tert-OH is 1. The molecule has 1 fully saturated rings. The average Bonchev–Trinajstić information content (AvgIpc) is 2.30. The molecule has 0 saturated heterocycles. The molecule has 2 N–H and O–H groups in total. The van der Waals surface area contributed by atoms with Crippen molar-refractivity contribution in [1.29, 1.82) is 0 Å². The summed E-state index contributed by atoms with van der Waals surface area (Å²) in [7, 11) is 0. The van der Waals surface area contributed by atoms with Gasteiger partial charge in [-0.15, -0.1) is 0 Å². The lowest BCUT2D eigenvalue weighted by molar-refractivity contribution is -0.123. The maximum Gasteiger partial charge on any atom is 0.223 e. The first-order chi connectivity index (χ1) is 8.63. The smallest absolute Gasteiger partial charge is 0.223 e. The van der Waals surface area contributed by atoms with Crippen molar-refractivity contribution in [2.45, 2.75) is 31.4 Å². The van der Waals surface area contributed by atoms with E-state index in [1.54, 1.807) is 0 Å². The highest BCUT2D eigenvalue weighted by Crippen LogP contribution is 2.19. The highest BCUT2D eigenvalue weighted by Gasteiger charge is 2.28. The predicted molar refractivity (Wildman–Crippen MR) is 63.7 cm³/mol. The first-order valence-electron chi connectivity index (χ1n) is 5.99. The molecule has 0 bridgehead atoms. The van der Waals surface area contributed by atoms with Gasteiger partial charge < -0.3 is 15.2 Å². The minimum absolute atomic E-state index is 0.0889. The van der Waals surface area contributed by atoms with Crippen LogP contribution in [0, 0.1) is 5.82 Å². The van der Waals surface area contributed by atoms with Gasteiger partial charge in [0.1, 0.15) is 11.6 Å². The fourth-order valence-electron chi connectivity index (χ4n) is 1.80. The van der Waals surface area contributed by atoms with E-state index in [4.69, 9.17) is 9.84 Å². The van der Waals surface area contributed by atoms with Crippen LogP contribution in [0.3, 0.4) is 0 Å². The second kappa shape index (κ2) is 5.82. The van der Waals surface area contributed by atoms with Crippen LogP contribution < -0.4 is 10.1 Å². The van der Waals surface area contributed by atoms with Crippen molar-refractivity contribution in [3.8, 4) is 5.75 Å². The largest absolute Gasteiger partial charge is 0.493 e. The van der Waals surface area contributed by atoms with Crippen LogP contribution in [0.25, 0.3) is 0 Å². The Morgan fingerprint density at radius 1 is 1.39 bits per heavy atom. The Kier molecular flexibility index (Phi) is 4.15. The summed E-state index contributed by atoms with van der Waals surface area (Å²) in [5.74, 6) is 0.140. The normalized spacial score (nSPS) is 22.1. The molecule has 0 unspecified atom stereocenters. The Bertz CT molecular complexity index is 401. The molecule has 1 aliphatic rings. The third kappa shape index (κ3) is 3.70. The van der Waals surface area contributed by atoms with E-state index in [-0.39, 0.29) is 36.9 Å². The molecule has 1 aliphatic carbocycles. The number of hydrogen-bond donors (Lipinski definition) is 2. The van der Waals surface area contributed by atoms with Crippen molar-refractivity contribution in [2.24, 2.45) is 0 Å². The summed E-state index contributed by atoms with van der Waals surface area (Å²) in [6, 6.07) is 5.76. The number of halogens is 1. The summed E-state index contributed by atoms with van der Waals surface area (Å²) < 4.78 is 17.9. The van der Waals surface area contributed by atoms with Crippen LogP contribution >= 0.6 is 0 Å². The minimum atomic E-state index is -0.316. The molecule has 98 valence electrons. The van der Waals surface area contributed by atoms with E-state index in [1.807, 2.05) is 0 Å². The summed E-state index contributed by atoms with van der Waals surface area (Å²) in [6.07, 6.45) is 1.24. The number of rotatable bonds is 5. The number of hydrogen-bond acceptors (Lipinski definition) is 3. The maximum atomic E-state index is 12.6. The van der Waals surface area contributed by atoms with E-state index in [2.05, 4.69) is 5.32 Å². The summed E-state index contributed by atoms with van der Waals surface area (Å²) in [5.41, 5.74) is 0. The maximum absolute atomic E-state index is 12.6. The number of ether oxygens (including phenoxy) is 1. The van der Waals surface area contributed by atoms with Gasteiger partial charge in [-0.1, -0.05) is 0 Å². The van der Waals surface area contributed by atoms with Crippen LogP contribution in [0.15, 0.2) is 24.3 Å². The van der Waals surface area contributed by atoms with Gasteiger partial charge in [0.15, 0.2) is 0 Å². The monoisotopic (exact) mass is 253 g/mol. The molecule has 0 heterocycles. The van der Waals surface area contributed by atoms with Crippen LogP contribution in [0.5, 0.6) is 5.75 Å². The van der Waals surface area contributed by atoms with E-state index in [0.717, 1.165) is 0 Å². The fourth-order valence-corrected chi connectivity index (χ4v) is 1.80. The molecule has 5 heteroatoms. The number of nitrogens with one attached hydrogen (secondary N) is 1. The van der Waals surface area contributed by atoms with Gasteiger partial charge in [-0.25, -0.2) is 4.39 Å². The number of benzene rings is 1. The molecule has 1 aromatic rings. The minimum Gasteiger partial charge on any atom is -0.493 e. The van der Waals surface area contributed by atoms with Crippen LogP contribution in [0.4, 0.5) is 4.39 Å². The Balaban J connectivity index is 1.62. The van der Waals surface area contributed by atoms with Crippen LogP contribution in [-0.2, 0) is 4.79 Å². The van der Waals surface area contributed by atoms with Gasteiger partial charge in [-0.05, 0) is 37.1 Å². The molecule has 1 saturated carbocycles. The van der Waals surface area contributed by atoms with Crippen molar-refractivity contribution in [1.82, 2.24) is 5.32 Å². The third-order valence-electron chi connectivity index (χ3n) is 2.89. The lowest BCUT2D eigenvalue weighted by Gasteiger charge is -2.31. The van der Waals surface area contributed by atoms with E-state index in [0.29, 0.717) is 18.6 Å². The average molecular weight is 253 g/mol. The predicted octanol–water partition coefficient (Wildman–Crippen LogP) is 1.23. The van der Waals surface area contributed by atoms with Crippen molar-refractivity contribution >= 4 is 5.91 Å². The van der Waals surface area contributed by atoms with Crippen molar-refractivity contribution in [3.05, 3.63) is 30.1 Å². The SMILES string of the molecule is O=C(CCOc1ccc(F)cc1)NC1CC(O)C1. The van der Waals surface area contributed by atoms with Gasteiger partial charge in [0.25, 0.3) is 0 Å². The molecule has 0 spiro atoms. The standard InChI is InChI=1S/C13H16FNO3/c14-9-1-3-12(4-2-9)18-6-5-13(17)15-10-7-11(16)8-10/h1-4,10-11,16H,5-8H2,(H,15,17). The number of carbonyl (C=O) groups excluding carboxylic acids is 1. The first kappa shape index (κ1) is 12.8. The molecule has 0 aliphatic heterocycles. The van der Waals surface area contributed by atoms with E-state index >= 15 is 0 Å². The topological polar surface area (TPSA) is 58.6 Å². The van der Waals surface area contributed by atoms with Crippen molar-refractivity contribution < 1.29 is 19.0 Å². The first-order valence-corrected chi connectivity index (χ1v) is 5.99. The zero-order valence-electron chi connectivity index (χ0n) is 9.93. The molecular weight excluding hydrogens is 237 g/mol. The molecule has 2 rings (SSSR count). The molecule has 1 aromatic carbocycles. The molecule has 0 atom stereocenters. The molecular formula is C13H16FNO3. The second-order valence-corrected chi connectivity index (χ2v) is 4.44. The zero-order chi connectivity index (χ0) is 13.0. The van der Waals surface area contributed by atoms with Gasteiger partial charge in [0.05, 0.1) is 19.1 Å². The lowest BCUT2D eigenvalue weighted by atomic mass is 9.89. The molecule has 0 aromatic heterocycles. The fraction of sp³-hybridized carbons (Fsp3) is 0.462. The lowest BCUT2D eigenvalue weighted by Crippen LogP contribution is -2.46. The molecule has 1 amide bonds. The third-order valence-corrected chi connectivity index (χ3v) is 2.89. The van der Waals surface area contributed by atoms with Crippen LogP contribution in [-0.4, -0.2) is 29.8 Å². The van der Waals surface area contributed by atoms with Gasteiger partial charge in [0, 0.05) is 6.04 Å². The van der Waals surface area contributed by atoms with Crippen LogP contribution in [0.1, 0.15) is 19.3 Å². The highest BCUT2D eigenvalue weighted by molar-refractivity contribution is 5.76. The number of amides is 1. The van der Waals surface area contributed by atoms with Gasteiger partial charge in [0.2, 0.25) is 5.91 Å². The van der Waals surface area contributed by atoms with Gasteiger partial charge in [-0.3, -0.25) is 4.79 Å². The zero-order valence-corrected chi connectivity index (χ0v) is 9.93. The highest BCUT2D eigenvalue weighted by atomic mass is 19.1. The van der Waals surface area contributed by atoms with Crippen molar-refractivity contribution in [2.75, 3.05) is 6.61 Å². The van der Waals surface area contributed by atoms with E-state index < -0.39 is 0 Å². The van der Waals surface area contributed by atoms with Gasteiger partial charge >= 0.3 is 0 Å². The summed E-state index contributed by atoms with van der Waals surface area (Å²) in [4.78, 5) is 11.5. The van der Waals surface area contributed by atoms with E-state index in [9.17, 15) is 9.18 Å². The molecule has 0 radical (unpaired) electrons. The Hall–Kier alpha value is -1.62. The summed E-state index contributed by atoms with van der Waals surface area (Å²) in [5, 5.41) is 11.9. The Morgan fingerprint density at radius 3 is 2.67 bits per heavy atom. The molecule has 18 heavy (non-hydrogen) atoms. The second-order valence-electron chi connectivity index (χ2n) is 4.44. The van der Waals surface area contributed by atoms with Gasteiger partial charge in [-0.2, -0.15) is 0 Å². The summed E-state index contributed by atoms with van der Waals surface area (Å²) in [6.45, 7) is 0.257. The summed E-state index contributed by atoms with van der Waals surface area (Å²) >= 11 is 0. The Morgan fingerprint density at radius 2 is 2.06 bits per heavy atom.